The first kappa shape index (κ1) is 16.6. The van der Waals surface area contributed by atoms with E-state index in [0.717, 1.165) is 23.6 Å². The fraction of sp³-hybridized carbons (Fsp3) is 0.381. The summed E-state index contributed by atoms with van der Waals surface area (Å²) in [6, 6.07) is 16.5. The Morgan fingerprint density at radius 2 is 1.62 bits per heavy atom. The van der Waals surface area contributed by atoms with Gasteiger partial charge >= 0.3 is 0 Å². The van der Waals surface area contributed by atoms with E-state index in [-0.39, 0.29) is 0 Å². The van der Waals surface area contributed by atoms with Crippen molar-refractivity contribution in [3.63, 3.8) is 0 Å². The number of pyridine rings is 1. The molecule has 3 heteroatoms. The summed E-state index contributed by atoms with van der Waals surface area (Å²) in [5, 5.41) is 3.56. The van der Waals surface area contributed by atoms with Gasteiger partial charge in [-0.2, -0.15) is 0 Å². The number of nitrogens with zero attached hydrogens (tertiary/aromatic N) is 2. The highest BCUT2D eigenvalue weighted by molar-refractivity contribution is 5.63. The van der Waals surface area contributed by atoms with E-state index in [9.17, 15) is 0 Å². The summed E-state index contributed by atoms with van der Waals surface area (Å²) in [4.78, 5) is 4.84. The number of aryl methyl sites for hydroxylation is 1. The molecule has 0 unspecified atom stereocenters. The van der Waals surface area contributed by atoms with E-state index in [1.54, 1.807) is 0 Å². The first-order valence-electron chi connectivity index (χ1n) is 9.16. The molecule has 2 aromatic heterocycles. The van der Waals surface area contributed by atoms with E-state index in [2.05, 4.69) is 59.2 Å². The maximum absolute atomic E-state index is 4.84. The Balaban J connectivity index is 1.73. The van der Waals surface area contributed by atoms with E-state index < -0.39 is 0 Å². The van der Waals surface area contributed by atoms with Crippen molar-refractivity contribution in [1.82, 2.24) is 9.38 Å². The fourth-order valence-corrected chi connectivity index (χ4v) is 3.08. The summed E-state index contributed by atoms with van der Waals surface area (Å²) < 4.78 is 2.15. The third kappa shape index (κ3) is 4.16. The number of hydrogen-bond donors (Lipinski definition) is 1. The Hall–Kier alpha value is -2.29. The highest BCUT2D eigenvalue weighted by Gasteiger charge is 2.11. The molecule has 3 aromatic rings. The van der Waals surface area contributed by atoms with Crippen LogP contribution in [0.3, 0.4) is 0 Å². The molecule has 24 heavy (non-hydrogen) atoms. The van der Waals surface area contributed by atoms with E-state index in [4.69, 9.17) is 4.98 Å². The second-order valence-electron chi connectivity index (χ2n) is 6.34. The minimum atomic E-state index is 1.01. The number of benzene rings is 1. The number of rotatable bonds is 9. The highest BCUT2D eigenvalue weighted by atomic mass is 15.1. The molecular formula is C21H27N3. The number of imidazole rings is 1. The van der Waals surface area contributed by atoms with Crippen LogP contribution in [0.4, 0.5) is 11.5 Å². The average molecular weight is 321 g/mol. The molecule has 0 aliphatic rings. The van der Waals surface area contributed by atoms with Crippen molar-refractivity contribution < 1.29 is 0 Å². The Morgan fingerprint density at radius 3 is 2.46 bits per heavy atom. The molecule has 0 amide bonds. The van der Waals surface area contributed by atoms with Gasteiger partial charge in [0, 0.05) is 11.9 Å². The van der Waals surface area contributed by atoms with Gasteiger partial charge in [0.25, 0.3) is 0 Å². The van der Waals surface area contributed by atoms with Crippen LogP contribution < -0.4 is 5.32 Å². The lowest BCUT2D eigenvalue weighted by Crippen LogP contribution is -1.98. The predicted molar refractivity (Wildman–Crippen MR) is 102 cm³/mol. The third-order valence-corrected chi connectivity index (χ3v) is 4.41. The molecule has 0 aliphatic carbocycles. The molecule has 2 heterocycles. The van der Waals surface area contributed by atoms with Gasteiger partial charge in [0.15, 0.2) is 0 Å². The van der Waals surface area contributed by atoms with Gasteiger partial charge < -0.3 is 5.32 Å². The summed E-state index contributed by atoms with van der Waals surface area (Å²) in [7, 11) is 0. The molecule has 3 nitrogen and oxygen atoms in total. The Labute approximate surface area is 144 Å². The van der Waals surface area contributed by atoms with Crippen molar-refractivity contribution in [2.45, 2.75) is 51.9 Å². The maximum atomic E-state index is 4.84. The van der Waals surface area contributed by atoms with Crippen molar-refractivity contribution >= 4 is 17.2 Å². The van der Waals surface area contributed by atoms with Crippen LogP contribution in [-0.4, -0.2) is 9.38 Å². The molecule has 1 aromatic carbocycles. The molecule has 126 valence electrons. The van der Waals surface area contributed by atoms with Crippen molar-refractivity contribution in [2.24, 2.45) is 0 Å². The van der Waals surface area contributed by atoms with Gasteiger partial charge in [-0.1, -0.05) is 63.3 Å². The lowest BCUT2D eigenvalue weighted by molar-refractivity contribution is 0.605. The zero-order valence-corrected chi connectivity index (χ0v) is 14.5. The standard InChI is InChI=1S/C21H27N3/c1-2-3-4-5-6-10-15-19-21(22-18-13-8-7-9-14-18)24-17-12-11-16-20(24)23-19/h7-9,11-14,16-17,22H,2-6,10,15H2,1H3. The summed E-state index contributed by atoms with van der Waals surface area (Å²) in [5.74, 6) is 1.10. The van der Waals surface area contributed by atoms with Gasteiger partial charge in [0.1, 0.15) is 11.5 Å². The van der Waals surface area contributed by atoms with Crippen LogP contribution in [0.1, 0.15) is 51.1 Å². The monoisotopic (exact) mass is 321 g/mol. The summed E-state index contributed by atoms with van der Waals surface area (Å²) in [6.07, 6.45) is 11.0. The van der Waals surface area contributed by atoms with Gasteiger partial charge in [0.2, 0.25) is 0 Å². The van der Waals surface area contributed by atoms with Gasteiger partial charge in [-0.15, -0.1) is 0 Å². The molecule has 3 rings (SSSR count). The molecule has 0 atom stereocenters. The number of nitrogens with one attached hydrogen (secondary N) is 1. The summed E-state index contributed by atoms with van der Waals surface area (Å²) >= 11 is 0. The highest BCUT2D eigenvalue weighted by Crippen LogP contribution is 2.24. The first-order valence-corrected chi connectivity index (χ1v) is 9.16. The number of fused-ring (bicyclic) bond motifs is 1. The van der Waals surface area contributed by atoms with Gasteiger partial charge in [-0.05, 0) is 37.1 Å². The van der Waals surface area contributed by atoms with E-state index in [0.29, 0.717) is 0 Å². The van der Waals surface area contributed by atoms with Crippen LogP contribution >= 0.6 is 0 Å². The number of anilines is 2. The molecule has 1 N–H and O–H groups in total. The van der Waals surface area contributed by atoms with Crippen LogP contribution in [0.15, 0.2) is 54.7 Å². The van der Waals surface area contributed by atoms with Gasteiger partial charge in [-0.3, -0.25) is 4.40 Å². The zero-order valence-electron chi connectivity index (χ0n) is 14.5. The molecule has 0 saturated carbocycles. The van der Waals surface area contributed by atoms with Crippen LogP contribution in [0.25, 0.3) is 5.65 Å². The van der Waals surface area contributed by atoms with Crippen LogP contribution in [-0.2, 0) is 6.42 Å². The van der Waals surface area contributed by atoms with Crippen molar-refractivity contribution in [1.29, 1.82) is 0 Å². The predicted octanol–water partition coefficient (Wildman–Crippen LogP) is 5.98. The molecule has 0 radical (unpaired) electrons. The quantitative estimate of drug-likeness (QED) is 0.491. The van der Waals surface area contributed by atoms with E-state index in [1.807, 2.05) is 12.1 Å². The van der Waals surface area contributed by atoms with Crippen LogP contribution in [0.5, 0.6) is 0 Å². The maximum Gasteiger partial charge on any atom is 0.138 e. The molecule has 0 fully saturated rings. The molecular weight excluding hydrogens is 294 g/mol. The Bertz CT molecular complexity index is 746. The second kappa shape index (κ2) is 8.53. The number of unbranched alkanes of at least 4 members (excludes halogenated alkanes) is 5. The van der Waals surface area contributed by atoms with Crippen LogP contribution in [0.2, 0.25) is 0 Å². The van der Waals surface area contributed by atoms with E-state index >= 15 is 0 Å². The van der Waals surface area contributed by atoms with Crippen molar-refractivity contribution in [2.75, 3.05) is 5.32 Å². The van der Waals surface area contributed by atoms with Gasteiger partial charge in [0.05, 0.1) is 5.69 Å². The number of hydrogen-bond acceptors (Lipinski definition) is 2. The van der Waals surface area contributed by atoms with Crippen molar-refractivity contribution in [3.05, 3.63) is 60.4 Å². The molecule has 0 spiro atoms. The molecule has 0 saturated heterocycles. The molecule has 0 bridgehead atoms. The van der Waals surface area contributed by atoms with Gasteiger partial charge in [-0.25, -0.2) is 4.98 Å². The topological polar surface area (TPSA) is 29.3 Å². The Kier molecular flexibility index (Phi) is 5.89. The molecule has 0 aliphatic heterocycles. The van der Waals surface area contributed by atoms with Crippen molar-refractivity contribution in [3.8, 4) is 0 Å². The minimum Gasteiger partial charge on any atom is -0.340 e. The fourth-order valence-electron chi connectivity index (χ4n) is 3.08. The lowest BCUT2D eigenvalue weighted by atomic mass is 10.1. The van der Waals surface area contributed by atoms with Crippen LogP contribution in [0, 0.1) is 0 Å². The lowest BCUT2D eigenvalue weighted by Gasteiger charge is -2.08. The largest absolute Gasteiger partial charge is 0.340 e. The summed E-state index contributed by atoms with van der Waals surface area (Å²) in [5.41, 5.74) is 3.28. The van der Waals surface area contributed by atoms with E-state index in [1.165, 1.54) is 44.2 Å². The number of aromatic nitrogens is 2. The zero-order chi connectivity index (χ0) is 16.6. The smallest absolute Gasteiger partial charge is 0.138 e. The normalized spacial score (nSPS) is 11.0. The first-order chi connectivity index (χ1) is 11.9. The second-order valence-corrected chi connectivity index (χ2v) is 6.34. The third-order valence-electron chi connectivity index (χ3n) is 4.41. The number of para-hydroxylation sites is 1. The SMILES string of the molecule is CCCCCCCCc1nc2ccccn2c1Nc1ccccc1. The summed E-state index contributed by atoms with van der Waals surface area (Å²) in [6.45, 7) is 2.26. The average Bonchev–Trinajstić information content (AvgIpc) is 2.97. The minimum absolute atomic E-state index is 1.01. The Morgan fingerprint density at radius 1 is 0.875 bits per heavy atom.